The fourth-order valence-corrected chi connectivity index (χ4v) is 2.93. The molecule has 0 radical (unpaired) electrons. The highest BCUT2D eigenvalue weighted by atomic mass is 19.1. The van der Waals surface area contributed by atoms with Crippen molar-refractivity contribution < 1.29 is 23.4 Å². The maximum Gasteiger partial charge on any atom is 0.337 e. The molecular weight excluding hydrogens is 389 g/mol. The fourth-order valence-electron chi connectivity index (χ4n) is 2.93. The number of halogens is 1. The van der Waals surface area contributed by atoms with Gasteiger partial charge in [0.2, 0.25) is 0 Å². The highest BCUT2D eigenvalue weighted by Crippen LogP contribution is 2.35. The van der Waals surface area contributed by atoms with Crippen molar-refractivity contribution in [1.82, 2.24) is 4.98 Å². The van der Waals surface area contributed by atoms with Gasteiger partial charge in [0.25, 0.3) is 0 Å². The van der Waals surface area contributed by atoms with E-state index in [-0.39, 0.29) is 23.9 Å². The smallest absolute Gasteiger partial charge is 0.337 e. The number of nitrogen functional groups attached to an aromatic ring is 1. The summed E-state index contributed by atoms with van der Waals surface area (Å²) in [5.41, 5.74) is 8.40. The summed E-state index contributed by atoms with van der Waals surface area (Å²) in [6.07, 6.45) is 0. The van der Waals surface area contributed by atoms with Gasteiger partial charge in [-0.3, -0.25) is 0 Å². The van der Waals surface area contributed by atoms with Crippen LogP contribution in [0.3, 0.4) is 0 Å². The molecule has 0 atom stereocenters. The van der Waals surface area contributed by atoms with Crippen molar-refractivity contribution >= 4 is 11.8 Å². The summed E-state index contributed by atoms with van der Waals surface area (Å²) < 4.78 is 28.9. The molecule has 0 amide bonds. The monoisotopic (exact) mass is 407 g/mol. The quantitative estimate of drug-likeness (QED) is 0.489. The second-order valence-corrected chi connectivity index (χ2v) is 6.19. The molecule has 0 spiro atoms. The fraction of sp³-hybridized carbons (Fsp3) is 0.136. The van der Waals surface area contributed by atoms with Crippen molar-refractivity contribution in [1.29, 1.82) is 5.26 Å². The molecule has 7 nitrogen and oxygen atoms in total. The lowest BCUT2D eigenvalue weighted by atomic mass is 9.97. The zero-order valence-electron chi connectivity index (χ0n) is 16.3. The van der Waals surface area contributed by atoms with Gasteiger partial charge in [-0.1, -0.05) is 12.1 Å². The highest BCUT2D eigenvalue weighted by molar-refractivity contribution is 5.92. The van der Waals surface area contributed by atoms with E-state index in [9.17, 15) is 14.4 Å². The Bertz CT molecular complexity index is 1140. The Morgan fingerprint density at radius 1 is 1.17 bits per heavy atom. The Kier molecular flexibility index (Phi) is 6.25. The topological polar surface area (TPSA) is 107 Å². The molecule has 0 bridgehead atoms. The molecule has 8 heteroatoms. The van der Waals surface area contributed by atoms with Crippen LogP contribution in [-0.4, -0.2) is 32.0 Å². The number of carbonyl (C=O) groups is 1. The van der Waals surface area contributed by atoms with Crippen molar-refractivity contribution in [2.75, 3.05) is 26.7 Å². The molecule has 1 aromatic heterocycles. The van der Waals surface area contributed by atoms with Gasteiger partial charge < -0.3 is 19.9 Å². The van der Waals surface area contributed by atoms with E-state index in [2.05, 4.69) is 4.98 Å². The molecule has 0 unspecified atom stereocenters. The minimum Gasteiger partial charge on any atom is -0.467 e. The number of hydrogen-bond acceptors (Lipinski definition) is 7. The molecule has 0 aliphatic carbocycles. The van der Waals surface area contributed by atoms with Crippen LogP contribution in [0, 0.1) is 17.1 Å². The maximum absolute atomic E-state index is 13.7. The van der Waals surface area contributed by atoms with E-state index in [0.29, 0.717) is 27.9 Å². The number of rotatable bonds is 6. The third-order valence-electron chi connectivity index (χ3n) is 4.31. The third kappa shape index (κ3) is 4.21. The maximum atomic E-state index is 13.7. The van der Waals surface area contributed by atoms with E-state index in [0.717, 1.165) is 0 Å². The molecule has 152 valence electrons. The molecule has 0 fully saturated rings. The standard InChI is InChI=1S/C22H18FN3O4/c1-28-12-30-20-9-15(23)6-7-16(20)19-10-17(18(11-24)21(25)26-19)13-4-3-5-14(8-13)22(27)29-2/h3-10H,12H2,1-2H3,(H2,25,26). The minimum absolute atomic E-state index is 0.00418. The molecule has 0 aliphatic rings. The van der Waals surface area contributed by atoms with Crippen molar-refractivity contribution in [3.63, 3.8) is 0 Å². The number of nitriles is 1. The number of carbonyl (C=O) groups excluding carboxylic acids is 1. The summed E-state index contributed by atoms with van der Waals surface area (Å²) in [5.74, 6) is -0.790. The lowest BCUT2D eigenvalue weighted by Crippen LogP contribution is -2.04. The molecule has 0 aliphatic heterocycles. The van der Waals surface area contributed by atoms with E-state index >= 15 is 0 Å². The summed E-state index contributed by atoms with van der Waals surface area (Å²) >= 11 is 0. The Morgan fingerprint density at radius 2 is 1.97 bits per heavy atom. The molecule has 2 aromatic carbocycles. The Balaban J connectivity index is 2.19. The number of nitrogens with two attached hydrogens (primary N) is 1. The van der Waals surface area contributed by atoms with Crippen molar-refractivity contribution in [2.45, 2.75) is 0 Å². The number of aromatic nitrogens is 1. The Hall–Kier alpha value is -3.96. The first-order valence-corrected chi connectivity index (χ1v) is 8.79. The van der Waals surface area contributed by atoms with Crippen LogP contribution in [0.15, 0.2) is 48.5 Å². The van der Waals surface area contributed by atoms with Gasteiger partial charge in [0.05, 0.1) is 18.4 Å². The SMILES string of the molecule is COCOc1cc(F)ccc1-c1cc(-c2cccc(C(=O)OC)c2)c(C#N)c(N)n1. The lowest BCUT2D eigenvalue weighted by molar-refractivity contribution is 0.0513. The second-order valence-electron chi connectivity index (χ2n) is 6.19. The van der Waals surface area contributed by atoms with Gasteiger partial charge in [-0.05, 0) is 35.9 Å². The van der Waals surface area contributed by atoms with Crippen molar-refractivity contribution in [3.8, 4) is 34.2 Å². The molecule has 0 saturated heterocycles. The van der Waals surface area contributed by atoms with Crippen LogP contribution in [0.1, 0.15) is 15.9 Å². The van der Waals surface area contributed by atoms with Crippen molar-refractivity contribution in [2.24, 2.45) is 0 Å². The summed E-state index contributed by atoms with van der Waals surface area (Å²) in [5, 5.41) is 9.60. The molecule has 2 N–H and O–H groups in total. The molecular formula is C22H18FN3O4. The first kappa shape index (κ1) is 20.8. The average molecular weight is 407 g/mol. The second kappa shape index (κ2) is 9.03. The van der Waals surface area contributed by atoms with Gasteiger partial charge in [0, 0.05) is 24.3 Å². The Morgan fingerprint density at radius 3 is 2.67 bits per heavy atom. The normalized spacial score (nSPS) is 10.3. The number of ether oxygens (including phenoxy) is 3. The third-order valence-corrected chi connectivity index (χ3v) is 4.31. The predicted octanol–water partition coefficient (Wildman–Crippen LogP) is 3.78. The van der Waals surface area contributed by atoms with Gasteiger partial charge in [-0.2, -0.15) is 5.26 Å². The van der Waals surface area contributed by atoms with Crippen molar-refractivity contribution in [3.05, 3.63) is 65.5 Å². The van der Waals surface area contributed by atoms with E-state index in [1.807, 2.05) is 6.07 Å². The van der Waals surface area contributed by atoms with Crippen LogP contribution >= 0.6 is 0 Å². The van der Waals surface area contributed by atoms with Gasteiger partial charge >= 0.3 is 5.97 Å². The number of benzene rings is 2. The van der Waals surface area contributed by atoms with Gasteiger partial charge in [0.1, 0.15) is 29.0 Å². The largest absolute Gasteiger partial charge is 0.467 e. The minimum atomic E-state index is -0.508. The average Bonchev–Trinajstić information content (AvgIpc) is 2.76. The highest BCUT2D eigenvalue weighted by Gasteiger charge is 2.17. The number of hydrogen-bond donors (Lipinski definition) is 1. The van der Waals surface area contributed by atoms with E-state index in [1.165, 1.54) is 32.4 Å². The summed E-state index contributed by atoms with van der Waals surface area (Å²) in [6.45, 7) is -0.0871. The van der Waals surface area contributed by atoms with Crippen LogP contribution < -0.4 is 10.5 Å². The summed E-state index contributed by atoms with van der Waals surface area (Å²) in [6, 6.07) is 14.3. The lowest BCUT2D eigenvalue weighted by Gasteiger charge is -2.14. The molecule has 3 aromatic rings. The number of esters is 1. The van der Waals surface area contributed by atoms with Gasteiger partial charge in [-0.15, -0.1) is 0 Å². The molecule has 0 saturated carbocycles. The summed E-state index contributed by atoms with van der Waals surface area (Å²) in [7, 11) is 2.73. The van der Waals surface area contributed by atoms with E-state index < -0.39 is 11.8 Å². The Labute approximate surface area is 172 Å². The molecule has 30 heavy (non-hydrogen) atoms. The van der Waals surface area contributed by atoms with Crippen LogP contribution in [0.2, 0.25) is 0 Å². The van der Waals surface area contributed by atoms with Gasteiger partial charge in [0.15, 0.2) is 6.79 Å². The number of nitrogens with zero attached hydrogens (tertiary/aromatic N) is 2. The van der Waals surface area contributed by atoms with Crippen LogP contribution in [0.4, 0.5) is 10.2 Å². The predicted molar refractivity (Wildman–Crippen MR) is 108 cm³/mol. The van der Waals surface area contributed by atoms with Crippen LogP contribution in [0.5, 0.6) is 5.75 Å². The van der Waals surface area contributed by atoms with E-state index in [1.54, 1.807) is 30.3 Å². The molecule has 3 rings (SSSR count). The first-order chi connectivity index (χ1) is 14.5. The molecule has 1 heterocycles. The zero-order chi connectivity index (χ0) is 21.7. The number of anilines is 1. The van der Waals surface area contributed by atoms with Crippen LogP contribution in [-0.2, 0) is 9.47 Å². The zero-order valence-corrected chi connectivity index (χ0v) is 16.3. The van der Waals surface area contributed by atoms with E-state index in [4.69, 9.17) is 19.9 Å². The first-order valence-electron chi connectivity index (χ1n) is 8.79. The number of methoxy groups -OCH3 is 2. The summed E-state index contributed by atoms with van der Waals surface area (Å²) in [4.78, 5) is 16.2. The van der Waals surface area contributed by atoms with Gasteiger partial charge in [-0.25, -0.2) is 14.2 Å². The van der Waals surface area contributed by atoms with Crippen LogP contribution in [0.25, 0.3) is 22.4 Å². The number of pyridine rings is 1.